The van der Waals surface area contributed by atoms with Crippen LogP contribution < -0.4 is 14.9 Å². The molecule has 0 aliphatic rings. The zero-order chi connectivity index (χ0) is 23.7. The molecule has 2 aromatic carbocycles. The Morgan fingerprint density at radius 2 is 1.59 bits per heavy atom. The molecule has 8 nitrogen and oxygen atoms in total. The van der Waals surface area contributed by atoms with Crippen LogP contribution in [0.4, 0.5) is 0 Å². The summed E-state index contributed by atoms with van der Waals surface area (Å²) in [7, 11) is 4.20. The number of nitrogens with zero attached hydrogens (tertiary/aromatic N) is 1. The summed E-state index contributed by atoms with van der Waals surface area (Å²) in [5, 5.41) is 40.2. The van der Waals surface area contributed by atoms with Gasteiger partial charge in [0, 0.05) is 23.2 Å². The highest BCUT2D eigenvalue weighted by Crippen LogP contribution is 2.32. The Bertz CT molecular complexity index is 983. The number of hydrogen-bond donors (Lipinski definition) is 2. The normalized spacial score (nSPS) is 13.7. The van der Waals surface area contributed by atoms with Crippen LogP contribution in [0.5, 0.6) is 5.75 Å². The van der Waals surface area contributed by atoms with Gasteiger partial charge in [-0.05, 0) is 37.0 Å². The highest BCUT2D eigenvalue weighted by molar-refractivity contribution is 7.10. The smallest absolute Gasteiger partial charge is 0.134 e. The van der Waals surface area contributed by atoms with Crippen molar-refractivity contribution in [3.8, 4) is 5.75 Å². The molecular formula is C23H25NO7S-2. The van der Waals surface area contributed by atoms with E-state index in [1.807, 2.05) is 0 Å². The van der Waals surface area contributed by atoms with Crippen molar-refractivity contribution in [1.29, 1.82) is 0 Å². The fourth-order valence-corrected chi connectivity index (χ4v) is 3.61. The number of hydrogen-bond acceptors (Lipinski definition) is 9. The van der Waals surface area contributed by atoms with Crippen molar-refractivity contribution in [2.75, 3.05) is 20.6 Å². The predicted molar refractivity (Wildman–Crippen MR) is 117 cm³/mol. The van der Waals surface area contributed by atoms with Crippen LogP contribution in [0.3, 0.4) is 0 Å². The fraction of sp³-hybridized carbons (Fsp3) is 0.304. The van der Waals surface area contributed by atoms with E-state index < -0.39 is 24.1 Å². The SMILES string of the molecule is CN(C)CCC(Oc1cccc2ccccc12)c1cccs1.O=C([O-])[C@@H](O)[C@H](O)C(=O)[O-]. The Morgan fingerprint density at radius 3 is 2.16 bits per heavy atom. The summed E-state index contributed by atoms with van der Waals surface area (Å²) in [5.74, 6) is -3.15. The highest BCUT2D eigenvalue weighted by Gasteiger charge is 2.18. The van der Waals surface area contributed by atoms with E-state index in [4.69, 9.17) is 14.9 Å². The number of carbonyl (C=O) groups excluding carboxylic acids is 2. The number of carbonyl (C=O) groups is 2. The first kappa shape index (κ1) is 25.3. The van der Waals surface area contributed by atoms with Crippen molar-refractivity contribution in [2.24, 2.45) is 0 Å². The summed E-state index contributed by atoms with van der Waals surface area (Å²) in [6, 6.07) is 18.9. The number of thiophene rings is 1. The monoisotopic (exact) mass is 459 g/mol. The zero-order valence-electron chi connectivity index (χ0n) is 17.7. The van der Waals surface area contributed by atoms with Gasteiger partial charge in [-0.3, -0.25) is 0 Å². The van der Waals surface area contributed by atoms with Crippen LogP contribution in [0.2, 0.25) is 0 Å². The van der Waals surface area contributed by atoms with Crippen molar-refractivity contribution < 1.29 is 34.8 Å². The van der Waals surface area contributed by atoms with Crippen LogP contribution >= 0.6 is 11.3 Å². The van der Waals surface area contributed by atoms with E-state index in [1.165, 1.54) is 15.6 Å². The molecule has 0 amide bonds. The van der Waals surface area contributed by atoms with Gasteiger partial charge in [0.1, 0.15) is 24.1 Å². The van der Waals surface area contributed by atoms with Gasteiger partial charge in [-0.1, -0.05) is 42.5 Å². The molecule has 3 aromatic rings. The largest absolute Gasteiger partial charge is 0.547 e. The maximum Gasteiger partial charge on any atom is 0.134 e. The third kappa shape index (κ3) is 7.31. The Labute approximate surface area is 189 Å². The molecule has 32 heavy (non-hydrogen) atoms. The molecule has 1 unspecified atom stereocenters. The highest BCUT2D eigenvalue weighted by atomic mass is 32.1. The third-order valence-corrected chi connectivity index (χ3v) is 5.46. The molecule has 2 N–H and O–H groups in total. The van der Waals surface area contributed by atoms with Crippen molar-refractivity contribution in [2.45, 2.75) is 24.7 Å². The number of aliphatic hydroxyl groups excluding tert-OH is 2. The van der Waals surface area contributed by atoms with Gasteiger partial charge in [0.2, 0.25) is 0 Å². The standard InChI is InChI=1S/C19H21NOS.C4H6O6/c1-20(2)13-12-18(19-11-6-14-22-19)21-17-10-5-8-15-7-3-4-9-16(15)17;5-1(3(7)8)2(6)4(9)10/h3-11,14,18H,12-13H2,1-2H3;1-2,5-6H,(H,7,8)(H,9,10)/p-2/t;1-,2-/m.0/s1. The maximum atomic E-state index is 9.63. The molecule has 0 aliphatic carbocycles. The molecule has 1 aromatic heterocycles. The summed E-state index contributed by atoms with van der Waals surface area (Å²) in [4.78, 5) is 22.8. The number of carboxylic acid groups (broad SMARTS) is 2. The molecule has 0 aliphatic heterocycles. The molecular weight excluding hydrogens is 434 g/mol. The van der Waals surface area contributed by atoms with Crippen LogP contribution in [0.15, 0.2) is 60.0 Å². The van der Waals surface area contributed by atoms with E-state index in [9.17, 15) is 19.8 Å². The molecule has 1 heterocycles. The molecule has 0 saturated heterocycles. The second kappa shape index (κ2) is 12.2. The molecule has 0 fully saturated rings. The minimum Gasteiger partial charge on any atom is -0.547 e. The fourth-order valence-electron chi connectivity index (χ4n) is 2.82. The number of ether oxygens (including phenoxy) is 1. The minimum atomic E-state index is -2.44. The molecule has 3 rings (SSSR count). The van der Waals surface area contributed by atoms with Gasteiger partial charge < -0.3 is 39.7 Å². The summed E-state index contributed by atoms with van der Waals surface area (Å²) in [6.45, 7) is 1.01. The Kier molecular flexibility index (Phi) is 9.61. The Hall–Kier alpha value is -2.98. The second-order valence-corrected chi connectivity index (χ2v) is 8.20. The van der Waals surface area contributed by atoms with Crippen LogP contribution in [0, 0.1) is 0 Å². The lowest BCUT2D eigenvalue weighted by atomic mass is 10.1. The quantitative estimate of drug-likeness (QED) is 0.463. The van der Waals surface area contributed by atoms with Gasteiger partial charge in [-0.15, -0.1) is 11.3 Å². The second-order valence-electron chi connectivity index (χ2n) is 7.22. The van der Waals surface area contributed by atoms with Crippen LogP contribution in [0.1, 0.15) is 17.4 Å². The van der Waals surface area contributed by atoms with E-state index in [0.717, 1.165) is 18.7 Å². The van der Waals surface area contributed by atoms with Gasteiger partial charge in [0.15, 0.2) is 0 Å². The van der Waals surface area contributed by atoms with E-state index in [1.54, 1.807) is 11.3 Å². The van der Waals surface area contributed by atoms with E-state index in [2.05, 4.69) is 79.0 Å². The summed E-state index contributed by atoms with van der Waals surface area (Å²) >= 11 is 1.76. The molecule has 0 spiro atoms. The first-order valence-corrected chi connectivity index (χ1v) is 10.7. The first-order valence-electron chi connectivity index (χ1n) is 9.81. The first-order chi connectivity index (χ1) is 15.2. The summed E-state index contributed by atoms with van der Waals surface area (Å²) in [5.41, 5.74) is 0. The molecule has 0 saturated carbocycles. The zero-order valence-corrected chi connectivity index (χ0v) is 18.5. The number of aliphatic hydroxyl groups is 2. The van der Waals surface area contributed by atoms with Gasteiger partial charge in [-0.25, -0.2) is 0 Å². The third-order valence-electron chi connectivity index (χ3n) is 4.50. The Balaban J connectivity index is 0.000000309. The van der Waals surface area contributed by atoms with E-state index >= 15 is 0 Å². The number of rotatable bonds is 9. The molecule has 0 bridgehead atoms. The lowest BCUT2D eigenvalue weighted by Crippen LogP contribution is -2.51. The van der Waals surface area contributed by atoms with Gasteiger partial charge in [0.25, 0.3) is 0 Å². The van der Waals surface area contributed by atoms with Gasteiger partial charge in [-0.2, -0.15) is 0 Å². The van der Waals surface area contributed by atoms with Gasteiger partial charge in [0.05, 0.1) is 11.9 Å². The topological polar surface area (TPSA) is 133 Å². The van der Waals surface area contributed by atoms with Crippen molar-refractivity contribution in [3.63, 3.8) is 0 Å². The van der Waals surface area contributed by atoms with E-state index in [0.29, 0.717) is 0 Å². The van der Waals surface area contributed by atoms with Crippen LogP contribution in [-0.2, 0) is 9.59 Å². The molecule has 3 atom stereocenters. The average Bonchev–Trinajstić information content (AvgIpc) is 3.30. The number of aliphatic carboxylic acids is 2. The Morgan fingerprint density at radius 1 is 0.969 bits per heavy atom. The minimum absolute atomic E-state index is 0.105. The van der Waals surface area contributed by atoms with Crippen LogP contribution in [0.25, 0.3) is 10.8 Å². The predicted octanol–water partition coefficient (Wildman–Crippen LogP) is 0.181. The lowest BCUT2D eigenvalue weighted by Gasteiger charge is -2.21. The summed E-state index contributed by atoms with van der Waals surface area (Å²) < 4.78 is 6.41. The molecule has 0 radical (unpaired) electrons. The number of carboxylic acids is 2. The molecule has 9 heteroatoms. The van der Waals surface area contributed by atoms with Crippen LogP contribution in [-0.4, -0.2) is 59.9 Å². The van der Waals surface area contributed by atoms with Crippen molar-refractivity contribution in [3.05, 3.63) is 64.9 Å². The number of benzene rings is 2. The lowest BCUT2D eigenvalue weighted by molar-refractivity contribution is -0.333. The average molecular weight is 460 g/mol. The maximum absolute atomic E-state index is 9.63. The van der Waals surface area contributed by atoms with E-state index in [-0.39, 0.29) is 6.10 Å². The summed E-state index contributed by atoms with van der Waals surface area (Å²) in [6.07, 6.45) is -3.79. The van der Waals surface area contributed by atoms with Crippen molar-refractivity contribution in [1.82, 2.24) is 4.90 Å². The molecule has 172 valence electrons. The van der Waals surface area contributed by atoms with Crippen molar-refractivity contribution >= 4 is 34.0 Å². The van der Waals surface area contributed by atoms with Gasteiger partial charge >= 0.3 is 0 Å². The number of fused-ring (bicyclic) bond motifs is 1.